The van der Waals surface area contributed by atoms with Crippen LogP contribution in [0, 0.1) is 5.82 Å². The van der Waals surface area contributed by atoms with Crippen LogP contribution >= 0.6 is 15.9 Å². The zero-order chi connectivity index (χ0) is 13.5. The van der Waals surface area contributed by atoms with Gasteiger partial charge in [0.2, 0.25) is 0 Å². The fraction of sp³-hybridized carbons (Fsp3) is 0.200. The second-order valence-corrected chi connectivity index (χ2v) is 4.94. The minimum absolute atomic E-state index is 0.237. The van der Waals surface area contributed by atoms with Crippen molar-refractivity contribution >= 4 is 21.6 Å². The molecule has 0 aliphatic carbocycles. The normalized spacial score (nSPS) is 10.4. The molecule has 0 aromatic heterocycles. The maximum absolute atomic E-state index is 12.9. The van der Waals surface area contributed by atoms with Gasteiger partial charge in [0.05, 0.1) is 13.2 Å². The number of nitrogens with one attached hydrogen (secondary N) is 1. The van der Waals surface area contributed by atoms with E-state index in [0.717, 1.165) is 15.7 Å². The number of anilines is 1. The highest BCUT2D eigenvalue weighted by Gasteiger charge is 1.98. The summed E-state index contributed by atoms with van der Waals surface area (Å²) >= 11 is 3.47. The van der Waals surface area contributed by atoms with Crippen molar-refractivity contribution in [3.63, 3.8) is 0 Å². The van der Waals surface area contributed by atoms with E-state index in [1.54, 1.807) is 6.07 Å². The molecule has 0 saturated heterocycles. The average molecular weight is 324 g/mol. The lowest BCUT2D eigenvalue weighted by Gasteiger charge is -2.08. The monoisotopic (exact) mass is 323 g/mol. The van der Waals surface area contributed by atoms with E-state index >= 15 is 0 Å². The first-order valence-electron chi connectivity index (χ1n) is 6.06. The van der Waals surface area contributed by atoms with Crippen LogP contribution < -0.4 is 5.32 Å². The first-order valence-corrected chi connectivity index (χ1v) is 6.85. The van der Waals surface area contributed by atoms with Crippen molar-refractivity contribution in [1.29, 1.82) is 0 Å². The molecule has 4 heteroatoms. The summed E-state index contributed by atoms with van der Waals surface area (Å²) in [6, 6.07) is 14.4. The summed E-state index contributed by atoms with van der Waals surface area (Å²) in [4.78, 5) is 0. The molecule has 0 fully saturated rings. The Morgan fingerprint density at radius 1 is 1.11 bits per heavy atom. The number of halogens is 2. The lowest BCUT2D eigenvalue weighted by Crippen LogP contribution is -2.09. The minimum Gasteiger partial charge on any atom is -0.383 e. The molecule has 1 N–H and O–H groups in total. The van der Waals surface area contributed by atoms with Crippen LogP contribution in [-0.4, -0.2) is 13.2 Å². The summed E-state index contributed by atoms with van der Waals surface area (Å²) in [6.07, 6.45) is 0. The van der Waals surface area contributed by atoms with Gasteiger partial charge in [-0.2, -0.15) is 0 Å². The Kier molecular flexibility index (Phi) is 5.36. The molecule has 2 aromatic carbocycles. The second kappa shape index (κ2) is 7.26. The zero-order valence-electron chi connectivity index (χ0n) is 10.4. The van der Waals surface area contributed by atoms with Crippen LogP contribution in [0.25, 0.3) is 0 Å². The summed E-state index contributed by atoms with van der Waals surface area (Å²) in [5, 5.41) is 3.11. The molecule has 0 spiro atoms. The first kappa shape index (κ1) is 14.0. The number of rotatable bonds is 6. The van der Waals surface area contributed by atoms with Crippen LogP contribution in [0.2, 0.25) is 0 Å². The Morgan fingerprint density at radius 3 is 2.74 bits per heavy atom. The molecule has 0 atom stereocenters. The van der Waals surface area contributed by atoms with Crippen molar-refractivity contribution in [2.45, 2.75) is 6.61 Å². The van der Waals surface area contributed by atoms with Crippen molar-refractivity contribution in [2.75, 3.05) is 18.5 Å². The van der Waals surface area contributed by atoms with Gasteiger partial charge in [-0.25, -0.2) is 4.39 Å². The van der Waals surface area contributed by atoms with Crippen LogP contribution in [0.15, 0.2) is 53.0 Å². The second-order valence-electron chi connectivity index (χ2n) is 4.08. The van der Waals surface area contributed by atoms with E-state index in [2.05, 4.69) is 21.2 Å². The highest BCUT2D eigenvalue weighted by Crippen LogP contribution is 2.16. The van der Waals surface area contributed by atoms with Crippen molar-refractivity contribution in [3.05, 3.63) is 64.4 Å². The predicted octanol–water partition coefficient (Wildman–Crippen LogP) is 4.22. The Labute approximate surface area is 120 Å². The van der Waals surface area contributed by atoms with E-state index in [1.165, 1.54) is 12.1 Å². The number of ether oxygens (including phenoxy) is 1. The molecule has 0 radical (unpaired) electrons. The highest BCUT2D eigenvalue weighted by atomic mass is 79.9. The predicted molar refractivity (Wildman–Crippen MR) is 78.7 cm³/mol. The zero-order valence-corrected chi connectivity index (χ0v) is 12.0. The van der Waals surface area contributed by atoms with Gasteiger partial charge >= 0.3 is 0 Å². The van der Waals surface area contributed by atoms with Gasteiger partial charge in [0.15, 0.2) is 0 Å². The van der Waals surface area contributed by atoms with E-state index in [4.69, 9.17) is 4.74 Å². The fourth-order valence-corrected chi connectivity index (χ4v) is 2.06. The van der Waals surface area contributed by atoms with Crippen LogP contribution in [0.3, 0.4) is 0 Å². The Bertz CT molecular complexity index is 533. The Hall–Kier alpha value is -1.39. The van der Waals surface area contributed by atoms with E-state index in [-0.39, 0.29) is 5.82 Å². The van der Waals surface area contributed by atoms with Crippen LogP contribution in [0.4, 0.5) is 10.1 Å². The molecule has 0 aliphatic rings. The average Bonchev–Trinajstić information content (AvgIpc) is 2.40. The summed E-state index contributed by atoms with van der Waals surface area (Å²) in [5.74, 6) is -0.237. The van der Waals surface area contributed by atoms with Crippen molar-refractivity contribution < 1.29 is 9.13 Å². The standard InChI is InChI=1S/C15H15BrFNO/c16-15-7-2-1-4-12(15)11-19-9-8-18-14-6-3-5-13(17)10-14/h1-7,10,18H,8-9,11H2. The Balaban J connectivity index is 1.69. The number of hydrogen-bond acceptors (Lipinski definition) is 2. The van der Waals surface area contributed by atoms with Crippen LogP contribution in [-0.2, 0) is 11.3 Å². The Morgan fingerprint density at radius 2 is 1.95 bits per heavy atom. The van der Waals surface area contributed by atoms with E-state index < -0.39 is 0 Å². The maximum atomic E-state index is 12.9. The van der Waals surface area contributed by atoms with Gasteiger partial charge in [-0.1, -0.05) is 40.2 Å². The maximum Gasteiger partial charge on any atom is 0.125 e. The molecule has 0 unspecified atom stereocenters. The van der Waals surface area contributed by atoms with E-state index in [1.807, 2.05) is 30.3 Å². The van der Waals surface area contributed by atoms with Gasteiger partial charge < -0.3 is 10.1 Å². The molecule has 0 heterocycles. The quantitative estimate of drug-likeness (QED) is 0.804. The van der Waals surface area contributed by atoms with E-state index in [9.17, 15) is 4.39 Å². The minimum atomic E-state index is -0.237. The lowest BCUT2D eigenvalue weighted by molar-refractivity contribution is 0.130. The number of benzene rings is 2. The van der Waals surface area contributed by atoms with Gasteiger partial charge in [0.25, 0.3) is 0 Å². The topological polar surface area (TPSA) is 21.3 Å². The molecule has 100 valence electrons. The van der Waals surface area contributed by atoms with Crippen molar-refractivity contribution in [2.24, 2.45) is 0 Å². The largest absolute Gasteiger partial charge is 0.383 e. The lowest BCUT2D eigenvalue weighted by atomic mass is 10.2. The van der Waals surface area contributed by atoms with Crippen molar-refractivity contribution in [3.8, 4) is 0 Å². The van der Waals surface area contributed by atoms with Gasteiger partial charge in [0.1, 0.15) is 5.82 Å². The summed E-state index contributed by atoms with van der Waals surface area (Å²) in [5.41, 5.74) is 1.89. The third-order valence-electron chi connectivity index (χ3n) is 2.62. The smallest absolute Gasteiger partial charge is 0.125 e. The summed E-state index contributed by atoms with van der Waals surface area (Å²) in [7, 11) is 0. The van der Waals surface area contributed by atoms with Gasteiger partial charge in [-0.15, -0.1) is 0 Å². The first-order chi connectivity index (χ1) is 9.25. The molecule has 2 rings (SSSR count). The molecule has 0 aliphatic heterocycles. The molecule has 2 aromatic rings. The van der Waals surface area contributed by atoms with Gasteiger partial charge in [0, 0.05) is 16.7 Å². The van der Waals surface area contributed by atoms with Crippen LogP contribution in [0.1, 0.15) is 5.56 Å². The van der Waals surface area contributed by atoms with Gasteiger partial charge in [-0.3, -0.25) is 0 Å². The SMILES string of the molecule is Fc1cccc(NCCOCc2ccccc2Br)c1. The third kappa shape index (κ3) is 4.65. The summed E-state index contributed by atoms with van der Waals surface area (Å²) < 4.78 is 19.5. The van der Waals surface area contributed by atoms with Crippen LogP contribution in [0.5, 0.6) is 0 Å². The molecular formula is C15H15BrFNO. The molecular weight excluding hydrogens is 309 g/mol. The number of hydrogen-bond donors (Lipinski definition) is 1. The van der Waals surface area contributed by atoms with E-state index in [0.29, 0.717) is 19.8 Å². The fourth-order valence-electron chi connectivity index (χ4n) is 1.66. The third-order valence-corrected chi connectivity index (χ3v) is 3.39. The molecule has 0 saturated carbocycles. The van der Waals surface area contributed by atoms with Gasteiger partial charge in [-0.05, 0) is 29.8 Å². The van der Waals surface area contributed by atoms with Crippen molar-refractivity contribution in [1.82, 2.24) is 0 Å². The molecule has 0 bridgehead atoms. The summed E-state index contributed by atoms with van der Waals surface area (Å²) in [6.45, 7) is 1.78. The highest BCUT2D eigenvalue weighted by molar-refractivity contribution is 9.10. The molecule has 2 nitrogen and oxygen atoms in total. The molecule has 0 amide bonds. The molecule has 19 heavy (non-hydrogen) atoms.